The van der Waals surface area contributed by atoms with Crippen LogP contribution in [0.3, 0.4) is 0 Å². The highest BCUT2D eigenvalue weighted by atomic mass is 32.2. The van der Waals surface area contributed by atoms with Crippen molar-refractivity contribution < 1.29 is 35.3 Å². The third kappa shape index (κ3) is 5.36. The lowest BCUT2D eigenvalue weighted by Gasteiger charge is -2.42. The summed E-state index contributed by atoms with van der Waals surface area (Å²) in [4.78, 5) is 19.5. The normalized spacial score (nSPS) is 20.4. The Kier molecular flexibility index (Phi) is 6.68. The molecular weight excluding hydrogens is 494 g/mol. The van der Waals surface area contributed by atoms with E-state index in [1.54, 1.807) is 9.80 Å². The first kappa shape index (κ1) is 25.2. The van der Waals surface area contributed by atoms with E-state index in [1.165, 1.54) is 0 Å². The maximum atomic E-state index is 14.5. The van der Waals surface area contributed by atoms with E-state index in [9.17, 15) is 30.8 Å². The van der Waals surface area contributed by atoms with Gasteiger partial charge in [-0.1, -0.05) is 5.16 Å². The summed E-state index contributed by atoms with van der Waals surface area (Å²) in [6, 6.07) is 0.414. The van der Waals surface area contributed by atoms with Crippen molar-refractivity contribution in [2.24, 2.45) is 0 Å². The molecule has 0 aliphatic carbocycles. The third-order valence-electron chi connectivity index (χ3n) is 6.21. The van der Waals surface area contributed by atoms with Crippen molar-refractivity contribution in [3.63, 3.8) is 0 Å². The molecule has 2 saturated heterocycles. The van der Waals surface area contributed by atoms with Gasteiger partial charge in [0.2, 0.25) is 11.7 Å². The lowest BCUT2D eigenvalue weighted by molar-refractivity contribution is -0.137. The number of amides is 1. The molecule has 0 bridgehead atoms. The number of sulfone groups is 1. The molecule has 4 rings (SSSR count). The number of rotatable bonds is 6. The topological polar surface area (TPSA) is 109 Å². The molecule has 2 aromatic rings. The number of nitrogens with one attached hydrogen (secondary N) is 1. The first-order valence-electron chi connectivity index (χ1n) is 11.1. The summed E-state index contributed by atoms with van der Waals surface area (Å²) in [6.45, 7) is 2.01. The maximum absolute atomic E-state index is 14.5. The van der Waals surface area contributed by atoms with Gasteiger partial charge < -0.3 is 19.6 Å². The molecule has 35 heavy (non-hydrogen) atoms. The summed E-state index contributed by atoms with van der Waals surface area (Å²) < 4.78 is 83.6. The predicted octanol–water partition coefficient (Wildman–Crippen LogP) is 2.93. The predicted molar refractivity (Wildman–Crippen MR) is 117 cm³/mol. The van der Waals surface area contributed by atoms with Crippen molar-refractivity contribution in [2.45, 2.75) is 55.5 Å². The fourth-order valence-corrected chi connectivity index (χ4v) is 5.13. The fraction of sp³-hybridized carbons (Fsp3) is 0.571. The highest BCUT2D eigenvalue weighted by Gasteiger charge is 2.37. The van der Waals surface area contributed by atoms with E-state index >= 15 is 0 Å². The van der Waals surface area contributed by atoms with Gasteiger partial charge in [0, 0.05) is 44.9 Å². The second kappa shape index (κ2) is 9.28. The van der Waals surface area contributed by atoms with Crippen LogP contribution in [0.15, 0.2) is 21.6 Å². The van der Waals surface area contributed by atoms with Gasteiger partial charge in [0.1, 0.15) is 22.6 Å². The Morgan fingerprint density at radius 1 is 1.11 bits per heavy atom. The number of hydrogen-bond acceptors (Lipinski definition) is 8. The van der Waals surface area contributed by atoms with Crippen LogP contribution < -0.4 is 10.2 Å². The highest BCUT2D eigenvalue weighted by Crippen LogP contribution is 2.30. The van der Waals surface area contributed by atoms with Gasteiger partial charge in [-0.15, -0.1) is 0 Å². The molecule has 2 aliphatic rings. The minimum atomic E-state index is -3.94. The molecule has 1 atom stereocenters. The lowest BCUT2D eigenvalue weighted by Crippen LogP contribution is -2.54. The number of alkyl halides is 2. The van der Waals surface area contributed by atoms with E-state index in [1.807, 2.05) is 0 Å². The summed E-state index contributed by atoms with van der Waals surface area (Å²) in [5, 5.41) is 6.05. The SMILES string of the molecule is CC(F)(F)c1noc(N2CCC(N3CCCC(Nc4cc(F)c(S(C)(=O)=O)cc4F)C3=O)CC2)n1. The van der Waals surface area contributed by atoms with E-state index in [4.69, 9.17) is 4.52 Å². The number of carbonyl (C=O) groups is 1. The van der Waals surface area contributed by atoms with E-state index in [0.29, 0.717) is 58.3 Å². The minimum absolute atomic E-state index is 0.000434. The summed E-state index contributed by atoms with van der Waals surface area (Å²) in [7, 11) is -3.94. The second-order valence-corrected chi connectivity index (χ2v) is 10.9. The van der Waals surface area contributed by atoms with Crippen LogP contribution in [0.1, 0.15) is 38.4 Å². The molecule has 14 heteroatoms. The highest BCUT2D eigenvalue weighted by molar-refractivity contribution is 7.90. The number of halogens is 4. The number of carbonyl (C=O) groups excluding carboxylic acids is 1. The van der Waals surface area contributed by atoms with Crippen molar-refractivity contribution in [3.8, 4) is 0 Å². The molecule has 192 valence electrons. The summed E-state index contributed by atoms with van der Waals surface area (Å²) >= 11 is 0. The van der Waals surface area contributed by atoms with Crippen molar-refractivity contribution >= 4 is 27.4 Å². The van der Waals surface area contributed by atoms with Crippen LogP contribution in [-0.4, -0.2) is 67.3 Å². The van der Waals surface area contributed by atoms with Gasteiger partial charge >= 0.3 is 11.9 Å². The molecule has 3 heterocycles. The minimum Gasteiger partial charge on any atom is -0.371 e. The summed E-state index contributed by atoms with van der Waals surface area (Å²) in [5.41, 5.74) is -0.287. The number of aromatic nitrogens is 2. The zero-order valence-electron chi connectivity index (χ0n) is 19.1. The van der Waals surface area contributed by atoms with E-state index in [-0.39, 0.29) is 23.7 Å². The first-order chi connectivity index (χ1) is 16.3. The van der Waals surface area contributed by atoms with Crippen LogP contribution in [0.4, 0.5) is 29.3 Å². The van der Waals surface area contributed by atoms with Gasteiger partial charge in [-0.3, -0.25) is 4.79 Å². The van der Waals surface area contributed by atoms with Gasteiger partial charge in [-0.05, 0) is 31.7 Å². The standard InChI is InChI=1S/C21H25F4N5O4S/c1-21(24,25)19-27-20(34-28-19)29-8-5-12(6-9-29)30-7-3-4-15(18(30)31)26-16-10-14(23)17(11-13(16)22)35(2,32)33/h10-12,15,26H,3-9H2,1-2H3. The summed E-state index contributed by atoms with van der Waals surface area (Å²) in [5.74, 6) is -6.25. The smallest absolute Gasteiger partial charge is 0.324 e. The van der Waals surface area contributed by atoms with Crippen molar-refractivity contribution in [1.82, 2.24) is 15.0 Å². The van der Waals surface area contributed by atoms with E-state index in [2.05, 4.69) is 15.5 Å². The maximum Gasteiger partial charge on any atom is 0.324 e. The van der Waals surface area contributed by atoms with Gasteiger partial charge in [0.25, 0.3) is 0 Å². The Morgan fingerprint density at radius 3 is 2.40 bits per heavy atom. The van der Waals surface area contributed by atoms with Crippen LogP contribution in [0, 0.1) is 11.6 Å². The molecule has 0 saturated carbocycles. The molecule has 1 amide bonds. The molecule has 1 unspecified atom stereocenters. The average Bonchev–Trinajstić information content (AvgIpc) is 3.28. The average molecular weight is 520 g/mol. The van der Waals surface area contributed by atoms with E-state index in [0.717, 1.165) is 12.3 Å². The quantitative estimate of drug-likeness (QED) is 0.581. The largest absolute Gasteiger partial charge is 0.371 e. The van der Waals surface area contributed by atoms with Crippen LogP contribution in [0.5, 0.6) is 0 Å². The number of anilines is 2. The van der Waals surface area contributed by atoms with Crippen molar-refractivity contribution in [3.05, 3.63) is 29.6 Å². The Morgan fingerprint density at radius 2 is 1.80 bits per heavy atom. The van der Waals surface area contributed by atoms with Crippen LogP contribution in [0.25, 0.3) is 0 Å². The van der Waals surface area contributed by atoms with Gasteiger partial charge in [-0.25, -0.2) is 17.2 Å². The molecule has 2 fully saturated rings. The number of piperidine rings is 2. The Labute approximate surface area is 199 Å². The molecule has 1 aromatic carbocycles. The third-order valence-corrected chi connectivity index (χ3v) is 7.32. The van der Waals surface area contributed by atoms with Crippen LogP contribution >= 0.6 is 0 Å². The lowest BCUT2D eigenvalue weighted by atomic mass is 9.97. The molecule has 1 aromatic heterocycles. The van der Waals surface area contributed by atoms with E-state index < -0.39 is 44.2 Å². The van der Waals surface area contributed by atoms with Gasteiger partial charge in [0.15, 0.2) is 9.84 Å². The van der Waals surface area contributed by atoms with Crippen LogP contribution in [-0.2, 0) is 20.6 Å². The summed E-state index contributed by atoms with van der Waals surface area (Å²) in [6.07, 6.45) is 2.88. The number of nitrogens with zero attached hydrogens (tertiary/aromatic N) is 4. The first-order valence-corrected chi connectivity index (χ1v) is 13.0. The molecule has 2 aliphatic heterocycles. The zero-order chi connectivity index (χ0) is 25.5. The van der Waals surface area contributed by atoms with Crippen molar-refractivity contribution in [1.29, 1.82) is 0 Å². The zero-order valence-corrected chi connectivity index (χ0v) is 19.9. The second-order valence-electron chi connectivity index (χ2n) is 8.91. The van der Waals surface area contributed by atoms with Crippen LogP contribution in [0.2, 0.25) is 0 Å². The number of hydrogen-bond donors (Lipinski definition) is 1. The molecule has 0 radical (unpaired) electrons. The Bertz CT molecular complexity index is 1210. The fourth-order valence-electron chi connectivity index (χ4n) is 4.40. The molecule has 0 spiro atoms. The van der Waals surface area contributed by atoms with Gasteiger partial charge in [0.05, 0.1) is 5.69 Å². The monoisotopic (exact) mass is 519 g/mol. The number of benzene rings is 1. The Balaban J connectivity index is 1.40. The van der Waals surface area contributed by atoms with Crippen molar-refractivity contribution in [2.75, 3.05) is 36.1 Å². The Hall–Kier alpha value is -2.90. The van der Waals surface area contributed by atoms with Gasteiger partial charge in [-0.2, -0.15) is 13.8 Å². The molecule has 1 N–H and O–H groups in total. The molecule has 9 nitrogen and oxygen atoms in total. The number of likely N-dealkylation sites (tertiary alicyclic amines) is 1. The molecular formula is C21H25F4N5O4S.